The van der Waals surface area contributed by atoms with Crippen molar-refractivity contribution in [3.8, 4) is 0 Å². The lowest BCUT2D eigenvalue weighted by molar-refractivity contribution is -0.297. The second-order valence-corrected chi connectivity index (χ2v) is 9.88. The number of amides is 1. The Hall–Kier alpha value is -1.38. The van der Waals surface area contributed by atoms with E-state index in [-0.39, 0.29) is 42.7 Å². The van der Waals surface area contributed by atoms with E-state index in [0.29, 0.717) is 12.5 Å². The number of piperidine rings is 2. The summed E-state index contributed by atoms with van der Waals surface area (Å²) in [6, 6.07) is 0.192. The molecule has 1 amide bonds. The van der Waals surface area contributed by atoms with Gasteiger partial charge in [-0.3, -0.25) is 15.0 Å². The molecule has 4 saturated heterocycles. The molecule has 12 heteroatoms. The molecular formula is C21H34N4O8. The van der Waals surface area contributed by atoms with Crippen molar-refractivity contribution < 1.29 is 39.5 Å². The zero-order chi connectivity index (χ0) is 23.3. The summed E-state index contributed by atoms with van der Waals surface area (Å²) in [5.74, 6) is -1.65. The van der Waals surface area contributed by atoms with E-state index in [1.54, 1.807) is 0 Å². The zero-order valence-corrected chi connectivity index (χ0v) is 18.4. The van der Waals surface area contributed by atoms with Gasteiger partial charge < -0.3 is 40.5 Å². The second kappa shape index (κ2) is 9.34. The third kappa shape index (κ3) is 4.39. The summed E-state index contributed by atoms with van der Waals surface area (Å²) >= 11 is 0. The molecule has 7 N–H and O–H groups in total. The summed E-state index contributed by atoms with van der Waals surface area (Å²) in [5.41, 5.74) is 0. The van der Waals surface area contributed by atoms with Crippen LogP contribution in [0.2, 0.25) is 0 Å². The van der Waals surface area contributed by atoms with E-state index < -0.39 is 36.7 Å². The molecular weight excluding hydrogens is 436 g/mol. The summed E-state index contributed by atoms with van der Waals surface area (Å²) in [6.45, 7) is 1.71. The van der Waals surface area contributed by atoms with Crippen molar-refractivity contribution in [3.63, 3.8) is 0 Å². The van der Waals surface area contributed by atoms with Crippen molar-refractivity contribution in [2.24, 2.45) is 11.8 Å². The van der Waals surface area contributed by atoms with Crippen LogP contribution in [-0.2, 0) is 19.1 Å². The van der Waals surface area contributed by atoms with Gasteiger partial charge >= 0.3 is 5.97 Å². The Kier molecular flexibility index (Phi) is 6.62. The molecule has 5 fully saturated rings. The van der Waals surface area contributed by atoms with Gasteiger partial charge in [-0.25, -0.2) is 4.79 Å². The van der Waals surface area contributed by atoms with Gasteiger partial charge in [0.2, 0.25) is 5.91 Å². The molecule has 4 heterocycles. The topological polar surface area (TPSA) is 173 Å². The Morgan fingerprint density at radius 3 is 2.52 bits per heavy atom. The molecule has 0 spiro atoms. The summed E-state index contributed by atoms with van der Waals surface area (Å²) in [5, 5.41) is 49.8. The number of carbonyl (C=O) groups excluding carboxylic acids is 1. The molecule has 1 aliphatic carbocycles. The lowest BCUT2D eigenvalue weighted by Crippen LogP contribution is -2.67. The number of fused-ring (bicyclic) bond motifs is 2. The van der Waals surface area contributed by atoms with Crippen molar-refractivity contribution in [2.45, 2.75) is 87.2 Å². The van der Waals surface area contributed by atoms with Gasteiger partial charge in [0.05, 0.1) is 30.9 Å². The maximum atomic E-state index is 13.2. The third-order valence-corrected chi connectivity index (χ3v) is 7.69. The molecule has 0 aromatic carbocycles. The molecule has 0 aromatic heterocycles. The number of aliphatic carboxylic acids is 1. The SMILES string of the molecule is O=C1NC2C(CO[C@@H]3O[C@H](C(=O)O)[C@@H](O)[C@H](O)[C@H]3O)CCNC2N(C2CC2)C2NCCCC12. The molecule has 4 aliphatic heterocycles. The van der Waals surface area contributed by atoms with Crippen LogP contribution in [0.3, 0.4) is 0 Å². The molecule has 0 radical (unpaired) electrons. The summed E-state index contributed by atoms with van der Waals surface area (Å²) < 4.78 is 11.0. The van der Waals surface area contributed by atoms with Crippen LogP contribution >= 0.6 is 0 Å². The number of carboxylic acids is 1. The van der Waals surface area contributed by atoms with Crippen LogP contribution in [-0.4, -0.2) is 112 Å². The number of carbonyl (C=O) groups is 2. The van der Waals surface area contributed by atoms with Crippen molar-refractivity contribution in [1.29, 1.82) is 0 Å². The monoisotopic (exact) mass is 470 g/mol. The fourth-order valence-electron chi connectivity index (χ4n) is 5.79. The minimum atomic E-state index is -1.76. The predicted molar refractivity (Wildman–Crippen MR) is 111 cm³/mol. The first kappa shape index (κ1) is 23.4. The van der Waals surface area contributed by atoms with Crippen LogP contribution in [0.25, 0.3) is 0 Å². The largest absolute Gasteiger partial charge is 0.479 e. The van der Waals surface area contributed by atoms with Crippen LogP contribution in [0.5, 0.6) is 0 Å². The first-order valence-electron chi connectivity index (χ1n) is 12.0. The van der Waals surface area contributed by atoms with Gasteiger partial charge in [-0.2, -0.15) is 0 Å². The number of nitrogens with zero attached hydrogens (tertiary/aromatic N) is 1. The third-order valence-electron chi connectivity index (χ3n) is 7.69. The van der Waals surface area contributed by atoms with Gasteiger partial charge in [0.1, 0.15) is 18.3 Å². The number of ether oxygens (including phenoxy) is 2. The Labute approximate surface area is 191 Å². The standard InChI is InChI=1S/C21H34N4O8/c26-13-14(27)16(20(30)31)33-21(15(13)28)32-8-9-5-7-23-18-12(9)24-19(29)11-2-1-6-22-17(11)25(18)10-3-4-10/h9-18,21-23,26-28H,1-8H2,(H,24,29)(H,30,31)/t9?,11?,12?,13-,14-,15+,16-,17?,18?,21+/m0/s1. The Morgan fingerprint density at radius 2 is 1.79 bits per heavy atom. The van der Waals surface area contributed by atoms with Crippen LogP contribution in [0.1, 0.15) is 32.1 Å². The summed E-state index contributed by atoms with van der Waals surface area (Å²) in [4.78, 5) is 26.9. The molecule has 10 atom stereocenters. The number of aliphatic hydroxyl groups is 3. The lowest BCUT2D eigenvalue weighted by atomic mass is 9.90. The van der Waals surface area contributed by atoms with Gasteiger partial charge in [-0.15, -0.1) is 0 Å². The highest BCUT2D eigenvalue weighted by Crippen LogP contribution is 2.38. The lowest BCUT2D eigenvalue weighted by Gasteiger charge is -2.47. The highest BCUT2D eigenvalue weighted by Gasteiger charge is 2.52. The van der Waals surface area contributed by atoms with E-state index >= 15 is 0 Å². The van der Waals surface area contributed by atoms with E-state index in [0.717, 1.165) is 38.8 Å². The van der Waals surface area contributed by atoms with Gasteiger partial charge in [0, 0.05) is 12.0 Å². The quantitative estimate of drug-likeness (QED) is 0.220. The number of rotatable bonds is 5. The number of hydrogen-bond acceptors (Lipinski definition) is 10. The number of carboxylic acid groups (broad SMARTS) is 1. The Balaban J connectivity index is 1.31. The average Bonchev–Trinajstić information content (AvgIpc) is 3.64. The van der Waals surface area contributed by atoms with Crippen LogP contribution < -0.4 is 16.0 Å². The molecule has 12 nitrogen and oxygen atoms in total. The normalized spacial score (nSPS) is 46.6. The molecule has 5 unspecified atom stereocenters. The van der Waals surface area contributed by atoms with Crippen molar-refractivity contribution in [2.75, 3.05) is 19.7 Å². The molecule has 0 aromatic rings. The first-order valence-corrected chi connectivity index (χ1v) is 12.0. The zero-order valence-electron chi connectivity index (χ0n) is 18.4. The molecule has 186 valence electrons. The van der Waals surface area contributed by atoms with Crippen LogP contribution in [0, 0.1) is 11.8 Å². The van der Waals surface area contributed by atoms with E-state index in [1.165, 1.54) is 0 Å². The fraction of sp³-hybridized carbons (Fsp3) is 0.905. The van der Waals surface area contributed by atoms with Gasteiger partial charge in [0.25, 0.3) is 0 Å². The second-order valence-electron chi connectivity index (χ2n) is 9.88. The first-order chi connectivity index (χ1) is 15.9. The maximum absolute atomic E-state index is 13.2. The van der Waals surface area contributed by atoms with Crippen molar-refractivity contribution in [3.05, 3.63) is 0 Å². The molecule has 0 bridgehead atoms. The van der Waals surface area contributed by atoms with Gasteiger partial charge in [-0.05, 0) is 45.2 Å². The molecule has 33 heavy (non-hydrogen) atoms. The van der Waals surface area contributed by atoms with Crippen molar-refractivity contribution >= 4 is 11.9 Å². The fourth-order valence-corrected chi connectivity index (χ4v) is 5.79. The number of nitrogens with one attached hydrogen (secondary N) is 3. The predicted octanol–water partition coefficient (Wildman–Crippen LogP) is -2.88. The minimum absolute atomic E-state index is 0.00937. The average molecular weight is 471 g/mol. The maximum Gasteiger partial charge on any atom is 0.335 e. The van der Waals surface area contributed by atoms with Crippen LogP contribution in [0.4, 0.5) is 0 Å². The van der Waals surface area contributed by atoms with E-state index in [4.69, 9.17) is 9.47 Å². The summed E-state index contributed by atoms with van der Waals surface area (Å²) in [7, 11) is 0. The van der Waals surface area contributed by atoms with Gasteiger partial charge in [-0.1, -0.05) is 0 Å². The highest BCUT2D eigenvalue weighted by atomic mass is 16.7. The van der Waals surface area contributed by atoms with E-state index in [2.05, 4.69) is 20.9 Å². The molecule has 1 saturated carbocycles. The number of hydrogen-bond donors (Lipinski definition) is 7. The van der Waals surface area contributed by atoms with E-state index in [1.807, 2.05) is 0 Å². The Morgan fingerprint density at radius 1 is 1.03 bits per heavy atom. The molecule has 5 aliphatic rings. The highest BCUT2D eigenvalue weighted by molar-refractivity contribution is 5.80. The Bertz CT molecular complexity index is 754. The number of aliphatic hydroxyl groups excluding tert-OH is 3. The smallest absolute Gasteiger partial charge is 0.335 e. The molecule has 5 rings (SSSR count). The summed E-state index contributed by atoms with van der Waals surface area (Å²) in [6.07, 6.45) is -3.53. The van der Waals surface area contributed by atoms with E-state index in [9.17, 15) is 30.0 Å². The van der Waals surface area contributed by atoms with Crippen molar-refractivity contribution in [1.82, 2.24) is 20.9 Å². The van der Waals surface area contributed by atoms with Crippen LogP contribution in [0.15, 0.2) is 0 Å². The minimum Gasteiger partial charge on any atom is -0.479 e. The van der Waals surface area contributed by atoms with Gasteiger partial charge in [0.15, 0.2) is 12.4 Å².